The number of carbonyl (C=O) groups excluding carboxylic acids is 1. The summed E-state index contributed by atoms with van der Waals surface area (Å²) in [4.78, 5) is 16.4. The van der Waals surface area contributed by atoms with Gasteiger partial charge in [0.1, 0.15) is 0 Å². The lowest BCUT2D eigenvalue weighted by atomic mass is 10.1. The fraction of sp³-hybridized carbons (Fsp3) is 0.292. The second kappa shape index (κ2) is 10.6. The van der Waals surface area contributed by atoms with E-state index in [2.05, 4.69) is 4.90 Å². The van der Waals surface area contributed by atoms with Gasteiger partial charge < -0.3 is 19.8 Å². The quantitative estimate of drug-likeness (QED) is 0.544. The van der Waals surface area contributed by atoms with E-state index in [1.54, 1.807) is 36.4 Å². The van der Waals surface area contributed by atoms with Gasteiger partial charge in [-0.15, -0.1) is 0 Å². The van der Waals surface area contributed by atoms with E-state index in [4.69, 9.17) is 4.74 Å². The van der Waals surface area contributed by atoms with E-state index in [-0.39, 0.29) is 11.7 Å². The highest BCUT2D eigenvalue weighted by Gasteiger charge is 2.21. The molecule has 1 fully saturated rings. The van der Waals surface area contributed by atoms with Gasteiger partial charge in [-0.3, -0.25) is 9.69 Å². The van der Waals surface area contributed by atoms with Gasteiger partial charge >= 0.3 is 0 Å². The molecule has 1 heterocycles. The molecule has 0 bridgehead atoms. The summed E-state index contributed by atoms with van der Waals surface area (Å²) in [7, 11) is 1.50. The van der Waals surface area contributed by atoms with E-state index < -0.39 is 6.10 Å². The molecule has 1 unspecified atom stereocenters. The van der Waals surface area contributed by atoms with Gasteiger partial charge in [-0.05, 0) is 23.3 Å². The van der Waals surface area contributed by atoms with Crippen LogP contribution in [0.2, 0.25) is 0 Å². The van der Waals surface area contributed by atoms with E-state index in [0.717, 1.165) is 24.2 Å². The van der Waals surface area contributed by atoms with Gasteiger partial charge in [0.25, 0.3) is 0 Å². The smallest absolute Gasteiger partial charge is 0.246 e. The minimum absolute atomic E-state index is 0.0220. The summed E-state index contributed by atoms with van der Waals surface area (Å²) in [5, 5.41) is 20.0. The zero-order chi connectivity index (χ0) is 21.3. The van der Waals surface area contributed by atoms with E-state index in [9.17, 15) is 15.0 Å². The van der Waals surface area contributed by atoms with Crippen molar-refractivity contribution in [3.63, 3.8) is 0 Å². The number of allylic oxidation sites excluding steroid dienone is 2. The minimum atomic E-state index is -0.517. The van der Waals surface area contributed by atoms with Gasteiger partial charge in [-0.1, -0.05) is 54.6 Å². The van der Waals surface area contributed by atoms with Crippen molar-refractivity contribution in [2.45, 2.75) is 6.10 Å². The van der Waals surface area contributed by atoms with Crippen LogP contribution in [0.5, 0.6) is 11.5 Å². The van der Waals surface area contributed by atoms with Crippen molar-refractivity contribution < 1.29 is 19.7 Å². The molecule has 0 aliphatic carbocycles. The van der Waals surface area contributed by atoms with Crippen molar-refractivity contribution in [3.05, 3.63) is 77.9 Å². The van der Waals surface area contributed by atoms with Gasteiger partial charge in [0.05, 0.1) is 13.2 Å². The molecule has 158 valence electrons. The van der Waals surface area contributed by atoms with Crippen LogP contribution in [0.4, 0.5) is 0 Å². The minimum Gasteiger partial charge on any atom is -0.504 e. The summed E-state index contributed by atoms with van der Waals surface area (Å²) in [5.74, 6) is 0.481. The highest BCUT2D eigenvalue weighted by Crippen LogP contribution is 2.26. The Bertz CT molecular complexity index is 887. The highest BCUT2D eigenvalue weighted by molar-refractivity contribution is 5.88. The van der Waals surface area contributed by atoms with Crippen molar-refractivity contribution in [2.24, 2.45) is 0 Å². The fourth-order valence-electron chi connectivity index (χ4n) is 3.38. The number of aromatic hydroxyl groups is 1. The molecule has 2 N–H and O–H groups in total. The second-order valence-corrected chi connectivity index (χ2v) is 7.20. The van der Waals surface area contributed by atoms with Crippen molar-refractivity contribution in [3.8, 4) is 11.5 Å². The van der Waals surface area contributed by atoms with Crippen LogP contribution in [0.15, 0.2) is 66.8 Å². The summed E-state index contributed by atoms with van der Waals surface area (Å²) in [5.41, 5.74) is 1.78. The van der Waals surface area contributed by atoms with Crippen LogP contribution in [0, 0.1) is 0 Å². The Morgan fingerprint density at radius 1 is 1.10 bits per heavy atom. The zero-order valence-corrected chi connectivity index (χ0v) is 17.1. The molecule has 1 saturated heterocycles. The number of β-amino-alcohol motifs (C(OH)–C–C–N with tert-alkyl or cyclic N) is 1. The first-order valence-electron chi connectivity index (χ1n) is 10.0. The molecular weight excluding hydrogens is 380 g/mol. The zero-order valence-electron chi connectivity index (χ0n) is 17.1. The number of ether oxygens (including phenoxy) is 1. The maximum Gasteiger partial charge on any atom is 0.246 e. The average Bonchev–Trinajstić information content (AvgIpc) is 2.78. The van der Waals surface area contributed by atoms with Crippen molar-refractivity contribution >= 4 is 12.0 Å². The predicted octanol–water partition coefficient (Wildman–Crippen LogP) is 2.85. The lowest BCUT2D eigenvalue weighted by Crippen LogP contribution is -2.49. The molecule has 0 saturated carbocycles. The third-order valence-electron chi connectivity index (χ3n) is 5.14. The number of aliphatic hydroxyl groups is 1. The molecular formula is C24H28N2O4. The Labute approximate surface area is 177 Å². The number of methoxy groups -OCH3 is 1. The molecule has 1 aliphatic heterocycles. The molecule has 30 heavy (non-hydrogen) atoms. The van der Waals surface area contributed by atoms with Gasteiger partial charge in [-0.2, -0.15) is 0 Å². The maximum absolute atomic E-state index is 12.4. The van der Waals surface area contributed by atoms with Crippen LogP contribution in [0.3, 0.4) is 0 Å². The van der Waals surface area contributed by atoms with Gasteiger partial charge in [0.2, 0.25) is 5.91 Å². The molecule has 1 aliphatic rings. The van der Waals surface area contributed by atoms with Crippen molar-refractivity contribution in [1.29, 1.82) is 0 Å². The van der Waals surface area contributed by atoms with Crippen LogP contribution >= 0.6 is 0 Å². The van der Waals surface area contributed by atoms with E-state index in [1.165, 1.54) is 7.11 Å². The third kappa shape index (κ3) is 5.95. The molecule has 3 rings (SSSR count). The number of benzene rings is 2. The summed E-state index contributed by atoms with van der Waals surface area (Å²) in [6.07, 6.45) is 6.39. The molecule has 6 nitrogen and oxygen atoms in total. The van der Waals surface area contributed by atoms with E-state index in [0.29, 0.717) is 25.4 Å². The second-order valence-electron chi connectivity index (χ2n) is 7.20. The standard InChI is InChI=1S/C24H28N2O4/c1-30-23-17-19(11-12-21(23)27)7-5-6-10-24(29)26-15-13-25(14-16-26)18-22(28)20-8-3-2-4-9-20/h2-12,17,22,27-28H,13-16,18H2,1H3. The first-order valence-corrected chi connectivity index (χ1v) is 10.0. The lowest BCUT2D eigenvalue weighted by molar-refractivity contribution is -0.127. The normalized spacial score (nSPS) is 16.3. The van der Waals surface area contributed by atoms with Gasteiger partial charge in [0.15, 0.2) is 11.5 Å². The van der Waals surface area contributed by atoms with Crippen molar-refractivity contribution in [1.82, 2.24) is 9.80 Å². The number of amides is 1. The third-order valence-corrected chi connectivity index (χ3v) is 5.14. The summed E-state index contributed by atoms with van der Waals surface area (Å²) in [6, 6.07) is 14.7. The number of aliphatic hydroxyl groups excluding tert-OH is 1. The van der Waals surface area contributed by atoms with Gasteiger partial charge in [-0.25, -0.2) is 0 Å². The Hall–Kier alpha value is -3.09. The van der Waals surface area contributed by atoms with E-state index >= 15 is 0 Å². The molecule has 1 atom stereocenters. The van der Waals surface area contributed by atoms with Crippen molar-refractivity contribution in [2.75, 3.05) is 39.8 Å². The SMILES string of the molecule is COc1cc(C=CC=CC(=O)N2CCN(CC(O)c3ccccc3)CC2)ccc1O. The fourth-order valence-corrected chi connectivity index (χ4v) is 3.38. The molecule has 0 radical (unpaired) electrons. The number of phenolic OH excluding ortho intramolecular Hbond substituents is 1. The topological polar surface area (TPSA) is 73.2 Å². The number of hydrogen-bond acceptors (Lipinski definition) is 5. The number of carbonyl (C=O) groups is 1. The summed E-state index contributed by atoms with van der Waals surface area (Å²) >= 11 is 0. The monoisotopic (exact) mass is 408 g/mol. The molecule has 0 aromatic heterocycles. The Balaban J connectivity index is 1.45. The Morgan fingerprint density at radius 3 is 2.53 bits per heavy atom. The van der Waals surface area contributed by atoms with Crippen LogP contribution in [0.1, 0.15) is 17.2 Å². The highest BCUT2D eigenvalue weighted by atomic mass is 16.5. The number of hydrogen-bond donors (Lipinski definition) is 2. The number of phenols is 1. The molecule has 6 heteroatoms. The first-order chi connectivity index (χ1) is 14.6. The van der Waals surface area contributed by atoms with Gasteiger partial charge in [0, 0.05) is 38.8 Å². The maximum atomic E-state index is 12.4. The first kappa shape index (κ1) is 21.6. The van der Waals surface area contributed by atoms with Crippen LogP contribution in [-0.2, 0) is 4.79 Å². The molecule has 2 aromatic rings. The number of nitrogens with zero attached hydrogens (tertiary/aromatic N) is 2. The summed E-state index contributed by atoms with van der Waals surface area (Å²) in [6.45, 7) is 3.34. The molecule has 0 spiro atoms. The van der Waals surface area contributed by atoms with Crippen LogP contribution in [0.25, 0.3) is 6.08 Å². The number of rotatable bonds is 7. The molecule has 2 aromatic carbocycles. The Kier molecular flexibility index (Phi) is 7.65. The average molecular weight is 408 g/mol. The number of piperazine rings is 1. The predicted molar refractivity (Wildman–Crippen MR) is 117 cm³/mol. The van der Waals surface area contributed by atoms with E-state index in [1.807, 2.05) is 41.3 Å². The Morgan fingerprint density at radius 2 is 1.83 bits per heavy atom. The van der Waals surface area contributed by atoms with Crippen LogP contribution in [-0.4, -0.2) is 65.8 Å². The molecule has 1 amide bonds. The van der Waals surface area contributed by atoms with Crippen LogP contribution < -0.4 is 4.74 Å². The largest absolute Gasteiger partial charge is 0.504 e. The summed E-state index contributed by atoms with van der Waals surface area (Å²) < 4.78 is 5.08. The lowest BCUT2D eigenvalue weighted by Gasteiger charge is -2.35.